The van der Waals surface area contributed by atoms with E-state index < -0.39 is 17.0 Å². The topological polar surface area (TPSA) is 29.1 Å². The van der Waals surface area contributed by atoms with Crippen molar-refractivity contribution in [3.8, 4) is 0 Å². The quantitative estimate of drug-likeness (QED) is 0.891. The number of nitrogens with one attached hydrogen (secondary N) is 1. The summed E-state index contributed by atoms with van der Waals surface area (Å²) >= 11 is 0. The molecule has 3 rings (SSSR count). The van der Waals surface area contributed by atoms with Crippen molar-refractivity contribution in [3.63, 3.8) is 0 Å². The van der Waals surface area contributed by atoms with Crippen molar-refractivity contribution in [2.24, 2.45) is 5.92 Å². The Morgan fingerprint density at radius 1 is 1.21 bits per heavy atom. The first-order valence-electron chi connectivity index (χ1n) is 8.14. The van der Waals surface area contributed by atoms with E-state index in [9.17, 15) is 13.6 Å². The standard InChI is InChI=1S/C20H21F2NO/c1-12-4-5-13(2)16(8-12)19(24)23-11-20(10-14(20)3)17-7-6-15(21)9-18(17)22/h4-9,14H,10-11H2,1-3H3,(H,23,24). The molecule has 0 aliphatic heterocycles. The molecule has 1 amide bonds. The van der Waals surface area contributed by atoms with E-state index in [4.69, 9.17) is 0 Å². The van der Waals surface area contributed by atoms with Crippen LogP contribution in [0.25, 0.3) is 0 Å². The summed E-state index contributed by atoms with van der Waals surface area (Å²) < 4.78 is 27.3. The summed E-state index contributed by atoms with van der Waals surface area (Å²) in [6, 6.07) is 9.42. The molecule has 0 heterocycles. The smallest absolute Gasteiger partial charge is 0.251 e. The van der Waals surface area contributed by atoms with Crippen LogP contribution in [0.2, 0.25) is 0 Å². The first-order valence-corrected chi connectivity index (χ1v) is 8.14. The number of carbonyl (C=O) groups is 1. The number of halogens is 2. The van der Waals surface area contributed by atoms with Gasteiger partial charge in [-0.3, -0.25) is 4.79 Å². The van der Waals surface area contributed by atoms with E-state index in [0.29, 0.717) is 17.7 Å². The van der Waals surface area contributed by atoms with Gasteiger partial charge in [0.15, 0.2) is 0 Å². The fourth-order valence-corrected chi connectivity index (χ4v) is 3.41. The Labute approximate surface area is 140 Å². The summed E-state index contributed by atoms with van der Waals surface area (Å²) in [6.07, 6.45) is 0.780. The number of carbonyl (C=O) groups excluding carboxylic acids is 1. The van der Waals surface area contributed by atoms with Crippen LogP contribution in [0, 0.1) is 31.4 Å². The molecular formula is C20H21F2NO. The third kappa shape index (κ3) is 2.93. The summed E-state index contributed by atoms with van der Waals surface area (Å²) in [5.41, 5.74) is 2.61. The van der Waals surface area contributed by atoms with E-state index in [1.807, 2.05) is 39.0 Å². The van der Waals surface area contributed by atoms with Crippen molar-refractivity contribution in [1.29, 1.82) is 0 Å². The van der Waals surface area contributed by atoms with Crippen LogP contribution in [0.3, 0.4) is 0 Å². The molecule has 0 spiro atoms. The lowest BCUT2D eigenvalue weighted by atomic mass is 9.92. The van der Waals surface area contributed by atoms with Gasteiger partial charge in [0.1, 0.15) is 11.6 Å². The number of hydrogen-bond acceptors (Lipinski definition) is 1. The average Bonchev–Trinajstić information content (AvgIpc) is 3.18. The van der Waals surface area contributed by atoms with Crippen LogP contribution >= 0.6 is 0 Å². The first kappa shape index (κ1) is 16.6. The van der Waals surface area contributed by atoms with E-state index in [-0.39, 0.29) is 11.8 Å². The highest BCUT2D eigenvalue weighted by Gasteiger charge is 2.53. The second-order valence-corrected chi connectivity index (χ2v) is 6.89. The molecular weight excluding hydrogens is 308 g/mol. The Hall–Kier alpha value is -2.23. The van der Waals surface area contributed by atoms with Crippen molar-refractivity contribution >= 4 is 5.91 Å². The predicted molar refractivity (Wildman–Crippen MR) is 90.1 cm³/mol. The molecule has 0 aromatic heterocycles. The van der Waals surface area contributed by atoms with Crippen molar-refractivity contribution < 1.29 is 13.6 Å². The van der Waals surface area contributed by atoms with Crippen molar-refractivity contribution in [2.45, 2.75) is 32.6 Å². The number of amides is 1. The maximum atomic E-state index is 14.2. The van der Waals surface area contributed by atoms with Crippen molar-refractivity contribution in [3.05, 3.63) is 70.3 Å². The Bertz CT molecular complexity index is 802. The molecule has 0 radical (unpaired) electrons. The maximum Gasteiger partial charge on any atom is 0.251 e. The molecule has 2 atom stereocenters. The normalized spacial score (nSPS) is 22.3. The van der Waals surface area contributed by atoms with Gasteiger partial charge in [-0.1, -0.05) is 30.7 Å². The molecule has 1 saturated carbocycles. The zero-order valence-electron chi connectivity index (χ0n) is 14.1. The number of rotatable bonds is 4. The predicted octanol–water partition coefficient (Wildman–Crippen LogP) is 4.29. The fourth-order valence-electron chi connectivity index (χ4n) is 3.41. The molecule has 1 fully saturated rings. The minimum absolute atomic E-state index is 0.155. The minimum Gasteiger partial charge on any atom is -0.351 e. The number of aryl methyl sites for hydroxylation is 2. The summed E-state index contributed by atoms with van der Waals surface area (Å²) in [4.78, 5) is 12.5. The second kappa shape index (κ2) is 6.00. The molecule has 1 aliphatic rings. The molecule has 126 valence electrons. The lowest BCUT2D eigenvalue weighted by molar-refractivity contribution is 0.0948. The van der Waals surface area contributed by atoms with Crippen LogP contribution in [0.15, 0.2) is 36.4 Å². The van der Waals surface area contributed by atoms with Gasteiger partial charge in [-0.05, 0) is 49.4 Å². The molecule has 4 heteroatoms. The third-order valence-corrected chi connectivity index (χ3v) is 5.12. The Balaban J connectivity index is 1.79. The highest BCUT2D eigenvalue weighted by atomic mass is 19.1. The summed E-state index contributed by atoms with van der Waals surface area (Å²) in [5, 5.41) is 2.94. The lowest BCUT2D eigenvalue weighted by Gasteiger charge is -2.19. The van der Waals surface area contributed by atoms with Gasteiger partial charge in [0.05, 0.1) is 0 Å². The average molecular weight is 329 g/mol. The van der Waals surface area contributed by atoms with E-state index >= 15 is 0 Å². The molecule has 1 aliphatic carbocycles. The van der Waals surface area contributed by atoms with E-state index in [0.717, 1.165) is 23.6 Å². The van der Waals surface area contributed by atoms with Gasteiger partial charge in [-0.2, -0.15) is 0 Å². The van der Waals surface area contributed by atoms with Gasteiger partial charge in [0, 0.05) is 23.6 Å². The molecule has 1 N–H and O–H groups in total. The molecule has 2 unspecified atom stereocenters. The highest BCUT2D eigenvalue weighted by Crippen LogP contribution is 2.54. The maximum absolute atomic E-state index is 14.2. The zero-order valence-corrected chi connectivity index (χ0v) is 14.1. The number of hydrogen-bond donors (Lipinski definition) is 1. The van der Waals surface area contributed by atoms with Crippen molar-refractivity contribution in [2.75, 3.05) is 6.54 Å². The van der Waals surface area contributed by atoms with Crippen LogP contribution < -0.4 is 5.32 Å². The monoisotopic (exact) mass is 329 g/mol. The van der Waals surface area contributed by atoms with Gasteiger partial charge in [0.25, 0.3) is 5.91 Å². The van der Waals surface area contributed by atoms with Gasteiger partial charge in [0.2, 0.25) is 0 Å². The molecule has 0 saturated heterocycles. The van der Waals surface area contributed by atoms with E-state index in [2.05, 4.69) is 5.32 Å². The summed E-state index contributed by atoms with van der Waals surface area (Å²) in [7, 11) is 0. The first-order chi connectivity index (χ1) is 11.3. The van der Waals surface area contributed by atoms with Crippen LogP contribution in [0.1, 0.15) is 40.4 Å². The van der Waals surface area contributed by atoms with E-state index in [1.165, 1.54) is 12.1 Å². The van der Waals surface area contributed by atoms with Crippen molar-refractivity contribution in [1.82, 2.24) is 5.32 Å². The van der Waals surface area contributed by atoms with Gasteiger partial charge < -0.3 is 5.32 Å². The minimum atomic E-state index is -0.584. The zero-order chi connectivity index (χ0) is 17.5. The lowest BCUT2D eigenvalue weighted by Crippen LogP contribution is -2.34. The Morgan fingerprint density at radius 2 is 1.92 bits per heavy atom. The van der Waals surface area contributed by atoms with Crippen LogP contribution in [-0.4, -0.2) is 12.5 Å². The molecule has 2 aromatic carbocycles. The van der Waals surface area contributed by atoms with Crippen LogP contribution in [0.4, 0.5) is 8.78 Å². The highest BCUT2D eigenvalue weighted by molar-refractivity contribution is 5.95. The molecule has 2 aromatic rings. The summed E-state index contributed by atoms with van der Waals surface area (Å²) in [6.45, 7) is 6.20. The number of benzene rings is 2. The van der Waals surface area contributed by atoms with Crippen LogP contribution in [-0.2, 0) is 5.41 Å². The van der Waals surface area contributed by atoms with Gasteiger partial charge in [-0.25, -0.2) is 8.78 Å². The molecule has 0 bridgehead atoms. The van der Waals surface area contributed by atoms with Crippen LogP contribution in [0.5, 0.6) is 0 Å². The SMILES string of the molecule is Cc1ccc(C)c(C(=O)NCC2(c3ccc(F)cc3F)CC2C)c1. The molecule has 2 nitrogen and oxygen atoms in total. The second-order valence-electron chi connectivity index (χ2n) is 6.89. The molecule has 24 heavy (non-hydrogen) atoms. The summed E-state index contributed by atoms with van der Waals surface area (Å²) in [5.74, 6) is -1.03. The third-order valence-electron chi connectivity index (χ3n) is 5.12. The Morgan fingerprint density at radius 3 is 2.54 bits per heavy atom. The fraction of sp³-hybridized carbons (Fsp3) is 0.350. The Kier molecular flexibility index (Phi) is 4.16. The van der Waals surface area contributed by atoms with Gasteiger partial charge in [-0.15, -0.1) is 0 Å². The largest absolute Gasteiger partial charge is 0.351 e. The van der Waals surface area contributed by atoms with Gasteiger partial charge >= 0.3 is 0 Å². The van der Waals surface area contributed by atoms with E-state index in [1.54, 1.807) is 0 Å².